The molecule has 2 aliphatic heterocycles. The Bertz CT molecular complexity index is 610. The fourth-order valence-corrected chi connectivity index (χ4v) is 3.96. The molecule has 0 radical (unpaired) electrons. The van der Waals surface area contributed by atoms with Crippen molar-refractivity contribution in [3.05, 3.63) is 42.1 Å². The van der Waals surface area contributed by atoms with Gasteiger partial charge in [0.1, 0.15) is 0 Å². The molecule has 104 valence electrons. The molecule has 0 saturated carbocycles. The zero-order valence-electron chi connectivity index (χ0n) is 11.7. The number of para-hydroxylation sites is 1. The summed E-state index contributed by atoms with van der Waals surface area (Å²) < 4.78 is 0. The maximum atomic E-state index is 6.14. The van der Waals surface area contributed by atoms with Gasteiger partial charge in [-0.05, 0) is 37.8 Å². The van der Waals surface area contributed by atoms with Gasteiger partial charge in [-0.3, -0.25) is 9.88 Å². The summed E-state index contributed by atoms with van der Waals surface area (Å²) in [6.07, 6.45) is 4.94. The van der Waals surface area contributed by atoms with E-state index in [0.717, 1.165) is 24.9 Å². The Kier molecular flexibility index (Phi) is 2.97. The Morgan fingerprint density at radius 3 is 2.60 bits per heavy atom. The van der Waals surface area contributed by atoms with Crippen molar-refractivity contribution < 1.29 is 0 Å². The number of benzene rings is 1. The predicted molar refractivity (Wildman–Crippen MR) is 81.3 cm³/mol. The molecule has 2 atom stereocenters. The topological polar surface area (TPSA) is 42.1 Å². The molecule has 3 heteroatoms. The van der Waals surface area contributed by atoms with Crippen LogP contribution in [0, 0.1) is 0 Å². The number of fused-ring (bicyclic) bond motifs is 3. The van der Waals surface area contributed by atoms with E-state index in [9.17, 15) is 0 Å². The summed E-state index contributed by atoms with van der Waals surface area (Å²) >= 11 is 0. The summed E-state index contributed by atoms with van der Waals surface area (Å²) in [6.45, 7) is 0.979. The molecule has 2 fully saturated rings. The quantitative estimate of drug-likeness (QED) is 0.909. The van der Waals surface area contributed by atoms with Crippen LogP contribution < -0.4 is 5.73 Å². The lowest BCUT2D eigenvalue weighted by Gasteiger charge is -2.37. The summed E-state index contributed by atoms with van der Waals surface area (Å²) in [5.41, 5.74) is 8.44. The first-order valence-electron chi connectivity index (χ1n) is 7.65. The molecular weight excluding hydrogens is 246 g/mol. The van der Waals surface area contributed by atoms with Crippen molar-refractivity contribution in [3.63, 3.8) is 0 Å². The lowest BCUT2D eigenvalue weighted by atomic mass is 9.98. The second kappa shape index (κ2) is 4.83. The van der Waals surface area contributed by atoms with E-state index >= 15 is 0 Å². The predicted octanol–water partition coefficient (Wildman–Crippen LogP) is 2.69. The average molecular weight is 267 g/mol. The van der Waals surface area contributed by atoms with E-state index in [-0.39, 0.29) is 0 Å². The maximum Gasteiger partial charge on any atom is 0.0705 e. The van der Waals surface area contributed by atoms with Crippen LogP contribution in [0.1, 0.15) is 31.4 Å². The monoisotopic (exact) mass is 267 g/mol. The van der Waals surface area contributed by atoms with Crippen LogP contribution in [-0.2, 0) is 6.54 Å². The Balaban J connectivity index is 1.58. The number of hydrogen-bond donors (Lipinski definition) is 1. The third-order valence-corrected chi connectivity index (χ3v) is 4.92. The molecule has 2 saturated heterocycles. The molecule has 3 heterocycles. The van der Waals surface area contributed by atoms with Crippen LogP contribution in [0.5, 0.6) is 0 Å². The summed E-state index contributed by atoms with van der Waals surface area (Å²) in [4.78, 5) is 7.45. The Morgan fingerprint density at radius 1 is 1.05 bits per heavy atom. The van der Waals surface area contributed by atoms with E-state index in [1.165, 1.54) is 23.9 Å². The SMILES string of the molecule is NC1CC2CCC(C1)N2Cc1ccc2ccccc2n1. The number of nitrogens with zero attached hydrogens (tertiary/aromatic N) is 2. The van der Waals surface area contributed by atoms with Crippen molar-refractivity contribution >= 4 is 10.9 Å². The highest BCUT2D eigenvalue weighted by molar-refractivity contribution is 5.78. The minimum absolute atomic E-state index is 0.410. The summed E-state index contributed by atoms with van der Waals surface area (Å²) in [5.74, 6) is 0. The largest absolute Gasteiger partial charge is 0.328 e. The fraction of sp³-hybridized carbons (Fsp3) is 0.471. The highest BCUT2D eigenvalue weighted by Crippen LogP contribution is 2.36. The van der Waals surface area contributed by atoms with Gasteiger partial charge in [0, 0.05) is 30.1 Å². The molecular formula is C17H21N3. The number of hydrogen-bond acceptors (Lipinski definition) is 3. The van der Waals surface area contributed by atoms with Crippen LogP contribution in [0.25, 0.3) is 10.9 Å². The van der Waals surface area contributed by atoms with E-state index in [1.54, 1.807) is 0 Å². The molecule has 0 aliphatic carbocycles. The molecule has 2 aliphatic rings. The van der Waals surface area contributed by atoms with Gasteiger partial charge in [-0.15, -0.1) is 0 Å². The standard InChI is InChI=1S/C17H21N3/c18-13-9-15-7-8-16(10-13)20(15)11-14-6-5-12-3-1-2-4-17(12)19-14/h1-6,13,15-16H,7-11,18H2. The lowest BCUT2D eigenvalue weighted by Crippen LogP contribution is -2.46. The van der Waals surface area contributed by atoms with E-state index in [4.69, 9.17) is 10.7 Å². The Hall–Kier alpha value is -1.45. The van der Waals surface area contributed by atoms with E-state index in [1.807, 2.05) is 0 Å². The second-order valence-corrected chi connectivity index (χ2v) is 6.28. The molecule has 3 nitrogen and oxygen atoms in total. The summed E-state index contributed by atoms with van der Waals surface area (Å²) in [5, 5.41) is 1.22. The van der Waals surface area contributed by atoms with Crippen molar-refractivity contribution in [2.24, 2.45) is 5.73 Å². The third-order valence-electron chi connectivity index (χ3n) is 4.92. The first-order valence-corrected chi connectivity index (χ1v) is 7.65. The third kappa shape index (κ3) is 2.11. The number of nitrogens with two attached hydrogens (primary N) is 1. The van der Waals surface area contributed by atoms with E-state index in [0.29, 0.717) is 18.1 Å². The van der Waals surface area contributed by atoms with Gasteiger partial charge in [0.25, 0.3) is 0 Å². The van der Waals surface area contributed by atoms with Crippen molar-refractivity contribution in [3.8, 4) is 0 Å². The van der Waals surface area contributed by atoms with Gasteiger partial charge >= 0.3 is 0 Å². The van der Waals surface area contributed by atoms with Gasteiger partial charge in [-0.1, -0.05) is 24.3 Å². The highest BCUT2D eigenvalue weighted by atomic mass is 15.2. The molecule has 0 spiro atoms. The minimum Gasteiger partial charge on any atom is -0.328 e. The number of rotatable bonds is 2. The van der Waals surface area contributed by atoms with Crippen molar-refractivity contribution in [2.45, 2.75) is 50.4 Å². The summed E-state index contributed by atoms with van der Waals surface area (Å²) in [6, 6.07) is 14.5. The molecule has 1 aromatic heterocycles. The molecule has 2 unspecified atom stereocenters. The van der Waals surface area contributed by atoms with Crippen LogP contribution in [0.2, 0.25) is 0 Å². The molecule has 2 N–H and O–H groups in total. The van der Waals surface area contributed by atoms with Crippen LogP contribution in [0.3, 0.4) is 0 Å². The molecule has 2 aromatic rings. The van der Waals surface area contributed by atoms with Gasteiger partial charge < -0.3 is 5.73 Å². The van der Waals surface area contributed by atoms with Crippen LogP contribution in [0.15, 0.2) is 36.4 Å². The second-order valence-electron chi connectivity index (χ2n) is 6.28. The van der Waals surface area contributed by atoms with Gasteiger partial charge in [0.05, 0.1) is 11.2 Å². The molecule has 2 bridgehead atoms. The number of aromatic nitrogens is 1. The van der Waals surface area contributed by atoms with Crippen molar-refractivity contribution in [1.82, 2.24) is 9.88 Å². The molecule has 0 amide bonds. The van der Waals surface area contributed by atoms with E-state index in [2.05, 4.69) is 41.3 Å². The molecule has 1 aromatic carbocycles. The normalized spacial score (nSPS) is 29.9. The average Bonchev–Trinajstić information content (AvgIpc) is 2.70. The summed E-state index contributed by atoms with van der Waals surface area (Å²) in [7, 11) is 0. The Labute approximate surface area is 119 Å². The van der Waals surface area contributed by atoms with Gasteiger partial charge in [0.15, 0.2) is 0 Å². The van der Waals surface area contributed by atoms with Gasteiger partial charge in [-0.25, -0.2) is 0 Å². The fourth-order valence-electron chi connectivity index (χ4n) is 3.96. The molecule has 4 rings (SSSR count). The minimum atomic E-state index is 0.410. The smallest absolute Gasteiger partial charge is 0.0705 e. The van der Waals surface area contributed by atoms with Gasteiger partial charge in [0.2, 0.25) is 0 Å². The Morgan fingerprint density at radius 2 is 1.80 bits per heavy atom. The first kappa shape index (κ1) is 12.3. The lowest BCUT2D eigenvalue weighted by molar-refractivity contribution is 0.118. The van der Waals surface area contributed by atoms with Crippen LogP contribution in [-0.4, -0.2) is 28.0 Å². The number of pyridine rings is 1. The first-order chi connectivity index (χ1) is 9.79. The zero-order valence-corrected chi connectivity index (χ0v) is 11.7. The molecule has 20 heavy (non-hydrogen) atoms. The van der Waals surface area contributed by atoms with Crippen molar-refractivity contribution in [1.29, 1.82) is 0 Å². The maximum absolute atomic E-state index is 6.14. The number of piperidine rings is 1. The van der Waals surface area contributed by atoms with Crippen molar-refractivity contribution in [2.75, 3.05) is 0 Å². The van der Waals surface area contributed by atoms with E-state index < -0.39 is 0 Å². The zero-order chi connectivity index (χ0) is 13.5. The van der Waals surface area contributed by atoms with Crippen LogP contribution >= 0.6 is 0 Å². The van der Waals surface area contributed by atoms with Crippen LogP contribution in [0.4, 0.5) is 0 Å². The van der Waals surface area contributed by atoms with Gasteiger partial charge in [-0.2, -0.15) is 0 Å². The highest BCUT2D eigenvalue weighted by Gasteiger charge is 2.39.